The van der Waals surface area contributed by atoms with Crippen molar-refractivity contribution >= 4 is 11.5 Å². The van der Waals surface area contributed by atoms with Crippen molar-refractivity contribution in [2.75, 3.05) is 31.4 Å². The van der Waals surface area contributed by atoms with Gasteiger partial charge in [-0.1, -0.05) is 18.2 Å². The second-order valence-electron chi connectivity index (χ2n) is 4.23. The third kappa shape index (κ3) is 4.03. The molecule has 3 N–H and O–H groups in total. The van der Waals surface area contributed by atoms with Crippen molar-refractivity contribution in [2.24, 2.45) is 0 Å². The summed E-state index contributed by atoms with van der Waals surface area (Å²) in [6.45, 7) is 1.04. The van der Waals surface area contributed by atoms with E-state index in [1.54, 1.807) is 25.3 Å². The number of halogens is 1. The minimum atomic E-state index is -0.283. The number of ether oxygens (including phenoxy) is 2. The number of nitrogen functional groups attached to an aromatic ring is 1. The predicted octanol–water partition coefficient (Wildman–Crippen LogP) is 1.84. The summed E-state index contributed by atoms with van der Waals surface area (Å²) in [5.74, 6) is 0.396. The van der Waals surface area contributed by atoms with Gasteiger partial charge in [-0.3, -0.25) is 0 Å². The van der Waals surface area contributed by atoms with Gasteiger partial charge in [0.25, 0.3) is 0 Å². The molecule has 0 saturated carbocycles. The molecule has 0 aliphatic rings. The second kappa shape index (κ2) is 7.39. The smallest absolute Gasteiger partial charge is 0.242 e. The molecule has 0 aliphatic carbocycles. The monoisotopic (exact) mass is 292 g/mol. The number of anilines is 2. The highest BCUT2D eigenvalue weighted by Gasteiger charge is 2.10. The number of rotatable bonds is 7. The van der Waals surface area contributed by atoms with E-state index in [0.29, 0.717) is 24.6 Å². The van der Waals surface area contributed by atoms with Crippen molar-refractivity contribution in [1.29, 1.82) is 0 Å². The molecule has 0 aliphatic heterocycles. The number of aromatic nitrogens is 2. The van der Waals surface area contributed by atoms with Crippen LogP contribution in [0.25, 0.3) is 0 Å². The third-order valence-corrected chi connectivity index (χ3v) is 2.78. The maximum absolute atomic E-state index is 13.5. The number of nitrogens with one attached hydrogen (secondary N) is 1. The molecule has 2 rings (SSSR count). The Hall–Kier alpha value is -2.41. The molecular weight excluding hydrogens is 275 g/mol. The van der Waals surface area contributed by atoms with Crippen molar-refractivity contribution in [3.63, 3.8) is 0 Å². The Labute approximate surface area is 122 Å². The summed E-state index contributed by atoms with van der Waals surface area (Å²) >= 11 is 0. The van der Waals surface area contributed by atoms with Crippen LogP contribution in [0.1, 0.15) is 5.56 Å². The van der Waals surface area contributed by atoms with Crippen molar-refractivity contribution in [1.82, 2.24) is 9.97 Å². The van der Waals surface area contributed by atoms with Crippen molar-refractivity contribution < 1.29 is 13.9 Å². The Morgan fingerprint density at radius 2 is 2.05 bits per heavy atom. The van der Waals surface area contributed by atoms with Gasteiger partial charge in [0.1, 0.15) is 24.4 Å². The van der Waals surface area contributed by atoms with Crippen molar-refractivity contribution in [3.05, 3.63) is 42.0 Å². The molecule has 1 heterocycles. The molecule has 6 nitrogen and oxygen atoms in total. The molecule has 0 spiro atoms. The molecule has 0 atom stereocenters. The lowest BCUT2D eigenvalue weighted by atomic mass is 10.2. The number of hydrogen-bond acceptors (Lipinski definition) is 6. The van der Waals surface area contributed by atoms with E-state index in [-0.39, 0.29) is 23.9 Å². The molecule has 112 valence electrons. The topological polar surface area (TPSA) is 82.3 Å². The zero-order valence-corrected chi connectivity index (χ0v) is 11.7. The molecule has 1 aromatic heterocycles. The highest BCUT2D eigenvalue weighted by atomic mass is 19.1. The summed E-state index contributed by atoms with van der Waals surface area (Å²) in [6, 6.07) is 6.50. The minimum Gasteiger partial charge on any atom is -0.474 e. The van der Waals surface area contributed by atoms with Gasteiger partial charge >= 0.3 is 0 Å². The SMILES string of the molecule is COCCOc1ncnc(NCc2ccccc2F)c1N. The van der Waals surface area contributed by atoms with Crippen LogP contribution in [-0.4, -0.2) is 30.3 Å². The van der Waals surface area contributed by atoms with Crippen LogP contribution in [0.15, 0.2) is 30.6 Å². The molecule has 0 saturated heterocycles. The standard InChI is InChI=1S/C14H17FN4O2/c1-20-6-7-21-14-12(16)13(18-9-19-14)17-8-10-4-2-3-5-11(10)15/h2-5,9H,6-8,16H2,1H3,(H,17,18,19). The molecule has 1 aromatic carbocycles. The molecule has 7 heteroatoms. The number of nitrogens with zero attached hydrogens (tertiary/aromatic N) is 2. The fourth-order valence-corrected chi connectivity index (χ4v) is 1.68. The second-order valence-corrected chi connectivity index (χ2v) is 4.23. The molecular formula is C14H17FN4O2. The first kappa shape index (κ1) is 15.0. The van der Waals surface area contributed by atoms with Crippen LogP contribution in [0.5, 0.6) is 5.88 Å². The average molecular weight is 292 g/mol. The first-order chi connectivity index (χ1) is 10.2. The molecule has 0 unspecified atom stereocenters. The van der Waals surface area contributed by atoms with Crippen molar-refractivity contribution in [2.45, 2.75) is 6.54 Å². The van der Waals surface area contributed by atoms with Gasteiger partial charge < -0.3 is 20.5 Å². The zero-order chi connectivity index (χ0) is 15.1. The van der Waals surface area contributed by atoms with E-state index in [9.17, 15) is 4.39 Å². The molecule has 2 aromatic rings. The van der Waals surface area contributed by atoms with Gasteiger partial charge in [0.15, 0.2) is 5.82 Å². The highest BCUT2D eigenvalue weighted by molar-refractivity contribution is 5.66. The summed E-state index contributed by atoms with van der Waals surface area (Å²) in [5, 5.41) is 2.97. The normalized spacial score (nSPS) is 10.4. The number of benzene rings is 1. The maximum atomic E-state index is 13.5. The van der Waals surface area contributed by atoms with Gasteiger partial charge in [-0.2, -0.15) is 4.98 Å². The van der Waals surface area contributed by atoms with Gasteiger partial charge in [-0.25, -0.2) is 9.37 Å². The molecule has 0 radical (unpaired) electrons. The fraction of sp³-hybridized carbons (Fsp3) is 0.286. The number of nitrogens with two attached hydrogens (primary N) is 1. The Balaban J connectivity index is 2.03. The molecule has 21 heavy (non-hydrogen) atoms. The van der Waals surface area contributed by atoms with E-state index in [0.717, 1.165) is 0 Å². The summed E-state index contributed by atoms with van der Waals surface area (Å²) in [4.78, 5) is 7.99. The van der Waals surface area contributed by atoms with E-state index in [1.165, 1.54) is 12.4 Å². The van der Waals surface area contributed by atoms with Crippen LogP contribution in [-0.2, 0) is 11.3 Å². The largest absolute Gasteiger partial charge is 0.474 e. The van der Waals surface area contributed by atoms with Crippen LogP contribution in [0.4, 0.5) is 15.9 Å². The Morgan fingerprint density at radius 1 is 1.24 bits per heavy atom. The summed E-state index contributed by atoms with van der Waals surface area (Å²) in [7, 11) is 1.58. The van der Waals surface area contributed by atoms with Gasteiger partial charge in [-0.05, 0) is 6.07 Å². The Morgan fingerprint density at radius 3 is 2.81 bits per heavy atom. The van der Waals surface area contributed by atoms with Gasteiger partial charge in [0.2, 0.25) is 5.88 Å². The van der Waals surface area contributed by atoms with Crippen LogP contribution in [0, 0.1) is 5.82 Å². The molecule has 0 amide bonds. The highest BCUT2D eigenvalue weighted by Crippen LogP contribution is 2.25. The van der Waals surface area contributed by atoms with Crippen LogP contribution in [0.3, 0.4) is 0 Å². The van der Waals surface area contributed by atoms with E-state index >= 15 is 0 Å². The predicted molar refractivity (Wildman–Crippen MR) is 77.5 cm³/mol. The van der Waals surface area contributed by atoms with Crippen LogP contribution >= 0.6 is 0 Å². The van der Waals surface area contributed by atoms with E-state index in [2.05, 4.69) is 15.3 Å². The summed E-state index contributed by atoms with van der Waals surface area (Å²) in [5.41, 5.74) is 6.73. The molecule has 0 fully saturated rings. The van der Waals surface area contributed by atoms with Gasteiger partial charge in [0, 0.05) is 19.2 Å². The lowest BCUT2D eigenvalue weighted by molar-refractivity contribution is 0.144. The first-order valence-corrected chi connectivity index (χ1v) is 6.42. The van der Waals surface area contributed by atoms with Crippen molar-refractivity contribution in [3.8, 4) is 5.88 Å². The first-order valence-electron chi connectivity index (χ1n) is 6.42. The lowest BCUT2D eigenvalue weighted by Crippen LogP contribution is -2.11. The third-order valence-electron chi connectivity index (χ3n) is 2.78. The lowest BCUT2D eigenvalue weighted by Gasteiger charge is -2.12. The van der Waals surface area contributed by atoms with Gasteiger partial charge in [0.05, 0.1) is 6.61 Å². The van der Waals surface area contributed by atoms with E-state index in [4.69, 9.17) is 15.2 Å². The minimum absolute atomic E-state index is 0.269. The maximum Gasteiger partial charge on any atom is 0.242 e. The Kier molecular flexibility index (Phi) is 5.28. The quantitative estimate of drug-likeness (QED) is 0.758. The number of hydrogen-bond donors (Lipinski definition) is 2. The van der Waals surface area contributed by atoms with Gasteiger partial charge in [-0.15, -0.1) is 0 Å². The van der Waals surface area contributed by atoms with Crippen LogP contribution in [0.2, 0.25) is 0 Å². The zero-order valence-electron chi connectivity index (χ0n) is 11.7. The molecule has 0 bridgehead atoms. The number of methoxy groups -OCH3 is 1. The summed E-state index contributed by atoms with van der Waals surface area (Å²) < 4.78 is 23.8. The Bertz CT molecular complexity index is 595. The van der Waals surface area contributed by atoms with Crippen LogP contribution < -0.4 is 15.8 Å². The van der Waals surface area contributed by atoms with E-state index in [1.807, 2.05) is 0 Å². The van der Waals surface area contributed by atoms with E-state index < -0.39 is 0 Å². The fourth-order valence-electron chi connectivity index (χ4n) is 1.68. The average Bonchev–Trinajstić information content (AvgIpc) is 2.49. The summed E-state index contributed by atoms with van der Waals surface area (Å²) in [6.07, 6.45) is 1.34.